The first-order valence-corrected chi connectivity index (χ1v) is 7.86. The summed E-state index contributed by atoms with van der Waals surface area (Å²) in [6, 6.07) is 4.06. The van der Waals surface area contributed by atoms with Gasteiger partial charge in [0.15, 0.2) is 0 Å². The lowest BCUT2D eigenvalue weighted by atomic mass is 10.1. The largest absolute Gasteiger partial charge is 0.392 e. The quantitative estimate of drug-likeness (QED) is 0.807. The first kappa shape index (κ1) is 15.5. The minimum atomic E-state index is -0.245. The van der Waals surface area contributed by atoms with Crippen molar-refractivity contribution in [1.29, 1.82) is 0 Å². The van der Waals surface area contributed by atoms with Gasteiger partial charge in [-0.15, -0.1) is 6.58 Å². The van der Waals surface area contributed by atoms with Gasteiger partial charge in [0.25, 0.3) is 0 Å². The minimum Gasteiger partial charge on any atom is -0.392 e. The molecule has 2 heterocycles. The van der Waals surface area contributed by atoms with Gasteiger partial charge in [-0.2, -0.15) is 0 Å². The minimum absolute atomic E-state index is 0.245. The van der Waals surface area contributed by atoms with Crippen LogP contribution in [0.4, 0.5) is 5.82 Å². The molecule has 2 rings (SSSR count). The van der Waals surface area contributed by atoms with E-state index >= 15 is 0 Å². The van der Waals surface area contributed by atoms with Gasteiger partial charge in [-0.1, -0.05) is 6.08 Å². The van der Waals surface area contributed by atoms with E-state index in [9.17, 15) is 5.11 Å². The molecule has 5 heteroatoms. The van der Waals surface area contributed by atoms with Crippen molar-refractivity contribution in [3.8, 4) is 0 Å². The van der Waals surface area contributed by atoms with Gasteiger partial charge in [0.05, 0.1) is 6.10 Å². The van der Waals surface area contributed by atoms with Crippen molar-refractivity contribution in [1.82, 2.24) is 9.88 Å². The van der Waals surface area contributed by atoms with Crippen molar-refractivity contribution in [3.05, 3.63) is 35.5 Å². The maximum absolute atomic E-state index is 9.93. The van der Waals surface area contributed by atoms with E-state index in [4.69, 9.17) is 0 Å². The second kappa shape index (κ2) is 7.76. The highest BCUT2D eigenvalue weighted by molar-refractivity contribution is 9.10. The molecule has 0 spiro atoms. The van der Waals surface area contributed by atoms with Crippen LogP contribution in [0.1, 0.15) is 12.8 Å². The summed E-state index contributed by atoms with van der Waals surface area (Å²) in [6.45, 7) is 8.32. The Kier molecular flexibility index (Phi) is 6.01. The van der Waals surface area contributed by atoms with Crippen LogP contribution >= 0.6 is 15.9 Å². The number of anilines is 1. The summed E-state index contributed by atoms with van der Waals surface area (Å²) in [6.07, 6.45) is 5.13. The molecule has 0 unspecified atom stereocenters. The number of aliphatic hydroxyl groups excluding tert-OH is 1. The Morgan fingerprint density at radius 2 is 2.10 bits per heavy atom. The molecule has 1 fully saturated rings. The summed E-state index contributed by atoms with van der Waals surface area (Å²) >= 11 is 3.40. The van der Waals surface area contributed by atoms with Crippen LogP contribution in [0.2, 0.25) is 0 Å². The predicted molar refractivity (Wildman–Crippen MR) is 86.0 cm³/mol. The molecule has 1 aromatic heterocycles. The topological polar surface area (TPSA) is 39.6 Å². The van der Waals surface area contributed by atoms with Gasteiger partial charge >= 0.3 is 0 Å². The van der Waals surface area contributed by atoms with Gasteiger partial charge in [0.2, 0.25) is 0 Å². The highest BCUT2D eigenvalue weighted by atomic mass is 79.9. The molecule has 0 aliphatic carbocycles. The Bertz CT molecular complexity index is 416. The molecule has 1 N–H and O–H groups in total. The zero-order chi connectivity index (χ0) is 14.4. The van der Waals surface area contributed by atoms with Gasteiger partial charge in [-0.05, 0) is 40.9 Å². The van der Waals surface area contributed by atoms with Crippen LogP contribution in [0.25, 0.3) is 0 Å². The molecule has 4 nitrogen and oxygen atoms in total. The second-order valence-electron chi connectivity index (χ2n) is 5.14. The number of piperazine rings is 1. The predicted octanol–water partition coefficient (Wildman–Crippen LogP) is 2.29. The maximum Gasteiger partial charge on any atom is 0.128 e. The average Bonchev–Trinajstić information content (AvgIpc) is 2.47. The summed E-state index contributed by atoms with van der Waals surface area (Å²) in [4.78, 5) is 9.04. The molecule has 0 bridgehead atoms. The van der Waals surface area contributed by atoms with Crippen LogP contribution in [-0.4, -0.2) is 53.8 Å². The van der Waals surface area contributed by atoms with E-state index < -0.39 is 0 Å². The van der Waals surface area contributed by atoms with Gasteiger partial charge in [0, 0.05) is 43.4 Å². The van der Waals surface area contributed by atoms with Gasteiger partial charge in [-0.3, -0.25) is 4.90 Å². The van der Waals surface area contributed by atoms with Gasteiger partial charge < -0.3 is 10.0 Å². The third-order valence-corrected chi connectivity index (χ3v) is 4.05. The first-order valence-electron chi connectivity index (χ1n) is 7.07. The zero-order valence-corrected chi connectivity index (χ0v) is 13.3. The molecule has 1 aliphatic heterocycles. The molecule has 0 amide bonds. The van der Waals surface area contributed by atoms with E-state index in [0.717, 1.165) is 55.9 Å². The number of rotatable bonds is 6. The second-order valence-corrected chi connectivity index (χ2v) is 6.06. The monoisotopic (exact) mass is 339 g/mol. The van der Waals surface area contributed by atoms with Gasteiger partial charge in [0.1, 0.15) is 5.82 Å². The van der Waals surface area contributed by atoms with Crippen molar-refractivity contribution in [3.63, 3.8) is 0 Å². The highest BCUT2D eigenvalue weighted by Crippen LogP contribution is 2.16. The van der Waals surface area contributed by atoms with Crippen molar-refractivity contribution < 1.29 is 5.11 Å². The van der Waals surface area contributed by atoms with Crippen LogP contribution in [-0.2, 0) is 0 Å². The van der Waals surface area contributed by atoms with Crippen LogP contribution in [0.5, 0.6) is 0 Å². The van der Waals surface area contributed by atoms with E-state index in [1.54, 1.807) is 0 Å². The highest BCUT2D eigenvalue weighted by Gasteiger charge is 2.19. The number of pyridine rings is 1. The maximum atomic E-state index is 9.93. The molecular weight excluding hydrogens is 318 g/mol. The van der Waals surface area contributed by atoms with Crippen molar-refractivity contribution in [2.75, 3.05) is 37.6 Å². The fourth-order valence-electron chi connectivity index (χ4n) is 2.41. The lowest BCUT2D eigenvalue weighted by molar-refractivity contribution is 0.103. The lowest BCUT2D eigenvalue weighted by Crippen LogP contribution is -2.48. The van der Waals surface area contributed by atoms with Crippen LogP contribution in [0, 0.1) is 0 Å². The molecule has 1 saturated heterocycles. The summed E-state index contributed by atoms with van der Waals surface area (Å²) in [7, 11) is 0. The Balaban J connectivity index is 1.77. The van der Waals surface area contributed by atoms with Crippen molar-refractivity contribution in [2.24, 2.45) is 0 Å². The van der Waals surface area contributed by atoms with Crippen LogP contribution < -0.4 is 4.90 Å². The smallest absolute Gasteiger partial charge is 0.128 e. The fourth-order valence-corrected chi connectivity index (χ4v) is 2.65. The number of halogens is 1. The van der Waals surface area contributed by atoms with E-state index in [0.29, 0.717) is 0 Å². The number of hydrogen-bond donors (Lipinski definition) is 1. The molecule has 20 heavy (non-hydrogen) atoms. The lowest BCUT2D eigenvalue weighted by Gasteiger charge is -2.36. The fraction of sp³-hybridized carbons (Fsp3) is 0.533. The Morgan fingerprint density at radius 3 is 2.70 bits per heavy atom. The van der Waals surface area contributed by atoms with E-state index in [2.05, 4.69) is 37.3 Å². The standard InChI is InChI=1S/C15H22BrN3O/c1-2-3-4-14(20)12-18-7-9-19(10-8-18)15-6-5-13(16)11-17-15/h2,5-6,11,14,20H,1,3-4,7-10,12H2/t14-/m0/s1. The molecule has 1 atom stereocenters. The molecule has 0 aromatic carbocycles. The number of nitrogens with zero attached hydrogens (tertiary/aromatic N) is 3. The average molecular weight is 340 g/mol. The number of hydrogen-bond acceptors (Lipinski definition) is 4. The first-order chi connectivity index (χ1) is 9.69. The van der Waals surface area contributed by atoms with Crippen LogP contribution in [0.3, 0.4) is 0 Å². The van der Waals surface area contributed by atoms with Crippen molar-refractivity contribution >= 4 is 21.7 Å². The molecule has 1 aromatic rings. The third-order valence-electron chi connectivity index (χ3n) is 3.58. The molecule has 1 aliphatic rings. The Labute approximate surface area is 129 Å². The molecular formula is C15H22BrN3O. The van der Waals surface area contributed by atoms with E-state index in [1.165, 1.54) is 0 Å². The zero-order valence-electron chi connectivity index (χ0n) is 11.7. The number of β-amino-alcohol motifs (C(OH)–C–C–N with tert-alkyl or cyclic N) is 1. The summed E-state index contributed by atoms with van der Waals surface area (Å²) in [5.41, 5.74) is 0. The summed E-state index contributed by atoms with van der Waals surface area (Å²) in [5.74, 6) is 1.03. The molecule has 0 saturated carbocycles. The number of allylic oxidation sites excluding steroid dienone is 1. The summed E-state index contributed by atoms with van der Waals surface area (Å²) < 4.78 is 1.00. The van der Waals surface area contributed by atoms with Crippen molar-refractivity contribution in [2.45, 2.75) is 18.9 Å². The number of aromatic nitrogens is 1. The van der Waals surface area contributed by atoms with E-state index in [1.807, 2.05) is 24.4 Å². The van der Waals surface area contributed by atoms with Gasteiger partial charge in [-0.25, -0.2) is 4.98 Å². The third kappa shape index (κ3) is 4.58. The van der Waals surface area contributed by atoms with E-state index in [-0.39, 0.29) is 6.10 Å². The summed E-state index contributed by atoms with van der Waals surface area (Å²) in [5, 5.41) is 9.93. The SMILES string of the molecule is C=CCC[C@H](O)CN1CCN(c2ccc(Br)cn2)CC1. The molecule has 0 radical (unpaired) electrons. The number of aliphatic hydroxyl groups is 1. The van der Waals surface area contributed by atoms with Crippen LogP contribution in [0.15, 0.2) is 35.5 Å². The Morgan fingerprint density at radius 1 is 1.35 bits per heavy atom. The molecule has 110 valence electrons. The Hall–Kier alpha value is -0.910. The normalized spacial score (nSPS) is 18.0.